The fourth-order valence-electron chi connectivity index (χ4n) is 3.21. The van der Waals surface area contributed by atoms with Crippen molar-refractivity contribution in [3.8, 4) is 0 Å². The van der Waals surface area contributed by atoms with Gasteiger partial charge >= 0.3 is 0 Å². The van der Waals surface area contributed by atoms with E-state index in [0.717, 1.165) is 52.0 Å². The first-order valence-corrected chi connectivity index (χ1v) is 9.61. The van der Waals surface area contributed by atoms with Crippen LogP contribution < -0.4 is 0 Å². The lowest BCUT2D eigenvalue weighted by atomic mass is 10.1. The average Bonchev–Trinajstić information content (AvgIpc) is 2.78. The molecule has 0 saturated carbocycles. The molecule has 1 fully saturated rings. The number of aromatic nitrogens is 1. The van der Waals surface area contributed by atoms with Crippen LogP contribution in [-0.4, -0.2) is 53.4 Å². The second kappa shape index (κ2) is 9.72. The Bertz CT molecular complexity index is 669. The molecule has 1 saturated heterocycles. The van der Waals surface area contributed by atoms with E-state index in [1.807, 2.05) is 11.8 Å². The minimum Gasteiger partial charge on any atom is -0.436 e. The molecule has 26 heavy (non-hydrogen) atoms. The maximum Gasteiger partial charge on any atom is 0.291 e. The van der Waals surface area contributed by atoms with Crippen molar-refractivity contribution in [1.29, 1.82) is 0 Å². The van der Waals surface area contributed by atoms with Crippen molar-refractivity contribution in [2.24, 2.45) is 0 Å². The highest BCUT2D eigenvalue weighted by Crippen LogP contribution is 2.15. The van der Waals surface area contributed by atoms with Crippen LogP contribution in [-0.2, 0) is 0 Å². The van der Waals surface area contributed by atoms with Crippen molar-refractivity contribution in [3.63, 3.8) is 0 Å². The van der Waals surface area contributed by atoms with Gasteiger partial charge in [-0.25, -0.2) is 4.98 Å². The molecule has 144 valence electrons. The molecule has 0 bridgehead atoms. The Hall–Kier alpha value is -1.88. The Morgan fingerprint density at radius 3 is 2.54 bits per heavy atom. The molecule has 1 aromatic rings. The van der Waals surface area contributed by atoms with Gasteiger partial charge in [-0.2, -0.15) is 0 Å². The van der Waals surface area contributed by atoms with Gasteiger partial charge in [-0.05, 0) is 47.0 Å². The standard InChI is InChI=1S/C21H33N3O2/c1-16(2)8-6-9-17(3)10-13-23-11-7-12-24(15-14-23)21(25)20-18(4)22-19(5)26-20/h8,10H,6-7,9,11-15H2,1-5H3. The summed E-state index contributed by atoms with van der Waals surface area (Å²) < 4.78 is 5.50. The van der Waals surface area contributed by atoms with E-state index in [4.69, 9.17) is 4.42 Å². The van der Waals surface area contributed by atoms with E-state index in [-0.39, 0.29) is 5.91 Å². The number of oxazole rings is 1. The third-order valence-corrected chi connectivity index (χ3v) is 4.76. The summed E-state index contributed by atoms with van der Waals surface area (Å²) in [6.45, 7) is 14.5. The van der Waals surface area contributed by atoms with E-state index in [2.05, 4.69) is 42.8 Å². The highest BCUT2D eigenvalue weighted by molar-refractivity contribution is 5.92. The van der Waals surface area contributed by atoms with Crippen LogP contribution in [0.4, 0.5) is 0 Å². The number of carbonyl (C=O) groups is 1. The second-order valence-electron chi connectivity index (χ2n) is 7.46. The number of aryl methyl sites for hydroxylation is 2. The van der Waals surface area contributed by atoms with Gasteiger partial charge < -0.3 is 9.32 Å². The normalized spacial score (nSPS) is 16.5. The number of allylic oxidation sites excluding steroid dienone is 3. The van der Waals surface area contributed by atoms with Crippen LogP contribution >= 0.6 is 0 Å². The molecule has 1 amide bonds. The predicted octanol–water partition coefficient (Wildman–Crippen LogP) is 4.13. The molecule has 0 spiro atoms. The molecule has 2 heterocycles. The molecule has 0 N–H and O–H groups in total. The van der Waals surface area contributed by atoms with Crippen molar-refractivity contribution in [3.05, 3.63) is 40.6 Å². The zero-order valence-electron chi connectivity index (χ0n) is 17.0. The maximum atomic E-state index is 12.7. The third kappa shape index (κ3) is 6.13. The van der Waals surface area contributed by atoms with Gasteiger partial charge in [0.1, 0.15) is 0 Å². The lowest BCUT2D eigenvalue weighted by Gasteiger charge is -2.20. The van der Waals surface area contributed by atoms with Crippen LogP contribution in [0.15, 0.2) is 27.7 Å². The van der Waals surface area contributed by atoms with E-state index in [1.54, 1.807) is 6.92 Å². The van der Waals surface area contributed by atoms with Gasteiger partial charge in [0.15, 0.2) is 5.89 Å². The molecule has 2 rings (SSSR count). The second-order valence-corrected chi connectivity index (χ2v) is 7.46. The summed E-state index contributed by atoms with van der Waals surface area (Å²) in [5.74, 6) is 0.917. The highest BCUT2D eigenvalue weighted by Gasteiger charge is 2.24. The number of hydrogen-bond donors (Lipinski definition) is 0. The summed E-state index contributed by atoms with van der Waals surface area (Å²) in [7, 11) is 0. The molecule has 5 heteroatoms. The molecule has 0 atom stereocenters. The largest absolute Gasteiger partial charge is 0.436 e. The van der Waals surface area contributed by atoms with Crippen LogP contribution in [0.2, 0.25) is 0 Å². The molecule has 0 aromatic carbocycles. The van der Waals surface area contributed by atoms with Crippen molar-refractivity contribution >= 4 is 5.91 Å². The molecule has 1 aliphatic heterocycles. The molecule has 0 radical (unpaired) electrons. The lowest BCUT2D eigenvalue weighted by molar-refractivity contribution is 0.0727. The molecule has 0 aliphatic carbocycles. The van der Waals surface area contributed by atoms with Crippen molar-refractivity contribution in [1.82, 2.24) is 14.8 Å². The van der Waals surface area contributed by atoms with E-state index in [1.165, 1.54) is 11.1 Å². The first-order chi connectivity index (χ1) is 12.4. The van der Waals surface area contributed by atoms with Crippen LogP contribution in [0.1, 0.15) is 62.2 Å². The van der Waals surface area contributed by atoms with Gasteiger partial charge in [0, 0.05) is 39.6 Å². The number of amides is 1. The summed E-state index contributed by atoms with van der Waals surface area (Å²) in [5.41, 5.74) is 3.50. The summed E-state index contributed by atoms with van der Waals surface area (Å²) in [6.07, 6.45) is 7.85. The Morgan fingerprint density at radius 1 is 1.12 bits per heavy atom. The van der Waals surface area contributed by atoms with Gasteiger partial charge in [0.05, 0.1) is 5.69 Å². The monoisotopic (exact) mass is 359 g/mol. The molecule has 1 aromatic heterocycles. The van der Waals surface area contributed by atoms with Crippen LogP contribution in [0, 0.1) is 13.8 Å². The first kappa shape index (κ1) is 20.4. The van der Waals surface area contributed by atoms with Gasteiger partial charge in [-0.3, -0.25) is 9.69 Å². The molecular formula is C21H33N3O2. The molecule has 0 unspecified atom stereocenters. The van der Waals surface area contributed by atoms with Crippen molar-refractivity contribution < 1.29 is 9.21 Å². The van der Waals surface area contributed by atoms with Gasteiger partial charge in [-0.1, -0.05) is 23.3 Å². The summed E-state index contributed by atoms with van der Waals surface area (Å²) in [6, 6.07) is 0. The average molecular weight is 360 g/mol. The minimum atomic E-state index is -0.0293. The number of rotatable bonds is 6. The zero-order valence-corrected chi connectivity index (χ0v) is 17.0. The Labute approximate surface area is 157 Å². The number of hydrogen-bond acceptors (Lipinski definition) is 4. The molecule has 5 nitrogen and oxygen atoms in total. The van der Waals surface area contributed by atoms with E-state index in [9.17, 15) is 4.79 Å². The predicted molar refractivity (Wildman–Crippen MR) is 105 cm³/mol. The van der Waals surface area contributed by atoms with Gasteiger partial charge in [-0.15, -0.1) is 0 Å². The maximum absolute atomic E-state index is 12.7. The minimum absolute atomic E-state index is 0.0293. The summed E-state index contributed by atoms with van der Waals surface area (Å²) in [4.78, 5) is 21.2. The fourth-order valence-corrected chi connectivity index (χ4v) is 3.21. The summed E-state index contributed by atoms with van der Waals surface area (Å²) in [5, 5.41) is 0. The quantitative estimate of drug-likeness (QED) is 0.717. The Kier molecular flexibility index (Phi) is 7.64. The first-order valence-electron chi connectivity index (χ1n) is 9.61. The number of carbonyl (C=O) groups excluding carboxylic acids is 1. The third-order valence-electron chi connectivity index (χ3n) is 4.76. The van der Waals surface area contributed by atoms with Gasteiger partial charge in [0.2, 0.25) is 5.76 Å². The van der Waals surface area contributed by atoms with Crippen LogP contribution in [0.25, 0.3) is 0 Å². The van der Waals surface area contributed by atoms with Crippen molar-refractivity contribution in [2.45, 2.75) is 53.9 Å². The van der Waals surface area contributed by atoms with E-state index < -0.39 is 0 Å². The number of nitrogens with zero attached hydrogens (tertiary/aromatic N) is 3. The van der Waals surface area contributed by atoms with Crippen LogP contribution in [0.5, 0.6) is 0 Å². The topological polar surface area (TPSA) is 49.6 Å². The lowest BCUT2D eigenvalue weighted by Crippen LogP contribution is -2.35. The SMILES string of the molecule is CC(C)=CCCC(C)=CCN1CCCN(C(=O)c2oc(C)nc2C)CC1. The van der Waals surface area contributed by atoms with Crippen molar-refractivity contribution in [2.75, 3.05) is 32.7 Å². The molecular weight excluding hydrogens is 326 g/mol. The smallest absolute Gasteiger partial charge is 0.291 e. The van der Waals surface area contributed by atoms with E-state index >= 15 is 0 Å². The Balaban J connectivity index is 1.85. The van der Waals surface area contributed by atoms with Gasteiger partial charge in [0.25, 0.3) is 5.91 Å². The molecule has 1 aliphatic rings. The zero-order chi connectivity index (χ0) is 19.1. The highest BCUT2D eigenvalue weighted by atomic mass is 16.4. The fraction of sp³-hybridized carbons (Fsp3) is 0.619. The van der Waals surface area contributed by atoms with E-state index in [0.29, 0.717) is 17.3 Å². The Morgan fingerprint density at radius 2 is 1.88 bits per heavy atom. The summed E-state index contributed by atoms with van der Waals surface area (Å²) >= 11 is 0. The van der Waals surface area contributed by atoms with Crippen LogP contribution in [0.3, 0.4) is 0 Å².